The molecular formula is C58H45N. The molecule has 2 aliphatic carbocycles. The second kappa shape index (κ2) is 13.3. The van der Waals surface area contributed by atoms with Gasteiger partial charge in [-0.05, 0) is 113 Å². The summed E-state index contributed by atoms with van der Waals surface area (Å²) in [5, 5.41) is -2.06. The van der Waals surface area contributed by atoms with Gasteiger partial charge in [-0.2, -0.15) is 0 Å². The Morgan fingerprint density at radius 2 is 0.983 bits per heavy atom. The van der Waals surface area contributed by atoms with Crippen LogP contribution in [0.15, 0.2) is 199 Å². The van der Waals surface area contributed by atoms with Crippen molar-refractivity contribution in [3.8, 4) is 55.6 Å². The molecule has 11 rings (SSSR count). The molecule has 282 valence electrons. The fourth-order valence-corrected chi connectivity index (χ4v) is 7.24. The van der Waals surface area contributed by atoms with Crippen LogP contribution in [0.5, 0.6) is 0 Å². The van der Waals surface area contributed by atoms with Gasteiger partial charge in [0, 0.05) is 44.2 Å². The van der Waals surface area contributed by atoms with Crippen molar-refractivity contribution in [2.24, 2.45) is 0 Å². The highest BCUT2D eigenvalue weighted by Gasteiger charge is 2.38. The van der Waals surface area contributed by atoms with Crippen LogP contribution in [0.2, 0.25) is 0 Å². The number of para-hydroxylation sites is 1. The van der Waals surface area contributed by atoms with Crippen molar-refractivity contribution in [1.82, 2.24) is 0 Å². The summed E-state index contributed by atoms with van der Waals surface area (Å²) < 4.78 is 407. The van der Waals surface area contributed by atoms with Crippen molar-refractivity contribution < 1.29 is 60.3 Å². The molecule has 0 amide bonds. The highest BCUT2D eigenvalue weighted by atomic mass is 15.1. The standard InChI is InChI=1S/C58H45N/c1-57(2)51-26-14-11-23-48(51)56-49(24-16-27-52(56)57)55-44-21-9-8-19-39(44)31-35-45(55)40-29-32-41(33-30-40)59(54-28-15-12-20-43(54)38-17-6-5-7-18-38)42-34-36-47-46-22-10-13-25-50(46)58(3,4)53(47)37-42/h5-37H,1-4H3/i1D3,2D3,3D3,4D3,5D,6D,7D,8D,9D,10D,11D,12D,13D,14D,15D,16D,17D,18D,19D,20D,21D,22D,24D,25D,26D,27D,28D,29D,30D,31D,32D,33D,34D,35D,36D,37D. The average Bonchev–Trinajstić information content (AvgIpc) is 1.52. The van der Waals surface area contributed by atoms with E-state index < -0.39 is 337 Å². The number of rotatable bonds is 6. The molecule has 0 saturated heterocycles. The summed E-state index contributed by atoms with van der Waals surface area (Å²) in [7, 11) is 0. The first-order valence-corrected chi connectivity index (χ1v) is 17.2. The van der Waals surface area contributed by atoms with E-state index >= 15 is 0 Å². The first-order chi connectivity index (χ1) is 47.1. The summed E-state index contributed by atoms with van der Waals surface area (Å²) in [6.07, 6.45) is 0. The zero-order valence-corrected chi connectivity index (χ0v) is 29.5. The van der Waals surface area contributed by atoms with Crippen LogP contribution in [0.1, 0.15) is 110 Å². The van der Waals surface area contributed by atoms with Gasteiger partial charge < -0.3 is 4.90 Å². The van der Waals surface area contributed by atoms with Crippen LogP contribution < -0.4 is 4.90 Å². The van der Waals surface area contributed by atoms with Gasteiger partial charge in [-0.25, -0.2) is 0 Å². The molecule has 0 fully saturated rings. The summed E-state index contributed by atoms with van der Waals surface area (Å²) in [6, 6.07) is -42.7. The molecule has 0 radical (unpaired) electrons. The number of hydrogen-bond donors (Lipinski definition) is 0. The van der Waals surface area contributed by atoms with E-state index in [0.29, 0.717) is 6.07 Å². The van der Waals surface area contributed by atoms with E-state index in [9.17, 15) is 21.9 Å². The molecule has 0 aliphatic heterocycles. The van der Waals surface area contributed by atoms with Crippen molar-refractivity contribution in [2.75, 3.05) is 4.90 Å². The van der Waals surface area contributed by atoms with Crippen molar-refractivity contribution >= 4 is 27.8 Å². The minimum Gasteiger partial charge on any atom is -0.310 e. The molecule has 1 nitrogen and oxygen atoms in total. The van der Waals surface area contributed by atoms with E-state index in [0.717, 1.165) is 0 Å². The lowest BCUT2D eigenvalue weighted by atomic mass is 9.81. The Hall–Kier alpha value is -6.96. The van der Waals surface area contributed by atoms with E-state index in [2.05, 4.69) is 0 Å². The van der Waals surface area contributed by atoms with Crippen LogP contribution >= 0.6 is 0 Å². The Bertz CT molecular complexity index is 5330. The van der Waals surface area contributed by atoms with E-state index in [1.165, 1.54) is 0 Å². The van der Waals surface area contributed by atoms with Gasteiger partial charge in [0.25, 0.3) is 0 Å². The molecule has 0 aromatic heterocycles. The number of anilines is 3. The van der Waals surface area contributed by atoms with Gasteiger partial charge in [0.15, 0.2) is 0 Å². The maximum Gasteiger partial charge on any atom is 0.0648 e. The van der Waals surface area contributed by atoms with Gasteiger partial charge in [-0.15, -0.1) is 0 Å². The summed E-state index contributed by atoms with van der Waals surface area (Å²) in [5.41, 5.74) is -29.2. The van der Waals surface area contributed by atoms with Gasteiger partial charge in [0.2, 0.25) is 0 Å². The maximum absolute atomic E-state index is 10.3. The molecule has 0 N–H and O–H groups in total. The van der Waals surface area contributed by atoms with Gasteiger partial charge in [-0.1, -0.05) is 197 Å². The number of nitrogens with zero attached hydrogens (tertiary/aromatic N) is 1. The third-order valence-corrected chi connectivity index (χ3v) is 9.83. The van der Waals surface area contributed by atoms with E-state index in [4.69, 9.17) is 38.4 Å². The molecule has 59 heavy (non-hydrogen) atoms. The predicted molar refractivity (Wildman–Crippen MR) is 250 cm³/mol. The van der Waals surface area contributed by atoms with Crippen molar-refractivity contribution in [1.29, 1.82) is 0 Å². The fraction of sp³-hybridized carbons (Fsp3) is 0.103. The largest absolute Gasteiger partial charge is 0.310 e. The third-order valence-electron chi connectivity index (χ3n) is 9.83. The smallest absolute Gasteiger partial charge is 0.0648 e. The summed E-state index contributed by atoms with van der Waals surface area (Å²) >= 11 is 0. The third kappa shape index (κ3) is 5.38. The summed E-state index contributed by atoms with van der Waals surface area (Å²) in [4.78, 5) is 0.0181. The lowest BCUT2D eigenvalue weighted by Gasteiger charge is -2.30. The van der Waals surface area contributed by atoms with Crippen LogP contribution in [0.4, 0.5) is 17.1 Å². The predicted octanol–water partition coefficient (Wildman–Crippen LogP) is 15.9. The Morgan fingerprint density at radius 3 is 1.81 bits per heavy atom. The summed E-state index contributed by atoms with van der Waals surface area (Å²) in [6.45, 7) is -16.4. The molecule has 0 unspecified atom stereocenters. The number of fused-ring (bicyclic) bond motifs is 7. The van der Waals surface area contributed by atoms with Crippen molar-refractivity contribution in [3.63, 3.8) is 0 Å². The van der Waals surface area contributed by atoms with Crippen LogP contribution in [0.25, 0.3) is 66.4 Å². The molecule has 9 aromatic carbocycles. The normalized spacial score (nSPS) is 25.5. The van der Waals surface area contributed by atoms with Crippen LogP contribution in [0, 0.1) is 0 Å². The first kappa shape index (κ1) is 12.1. The van der Waals surface area contributed by atoms with Crippen LogP contribution in [-0.2, 0) is 10.8 Å². The van der Waals surface area contributed by atoms with Crippen LogP contribution in [-0.4, -0.2) is 0 Å². The van der Waals surface area contributed by atoms with Crippen molar-refractivity contribution in [3.05, 3.63) is 222 Å². The topological polar surface area (TPSA) is 3.24 Å². The Kier molecular flexibility index (Phi) is 2.72. The van der Waals surface area contributed by atoms with Gasteiger partial charge in [0.05, 0.1) is 49.6 Å². The number of hydrogen-bond acceptors (Lipinski definition) is 1. The lowest BCUT2D eigenvalue weighted by molar-refractivity contribution is 0.660. The van der Waals surface area contributed by atoms with E-state index in [1.807, 2.05) is 0 Å². The Morgan fingerprint density at radius 1 is 0.390 bits per heavy atom. The lowest BCUT2D eigenvalue weighted by Crippen LogP contribution is -2.16. The SMILES string of the molecule is [2H]c1cc2c(c([2H])c1[2H])C(C([2H])([2H])[2H])(C([2H])([2H])[2H])c1c([2H])c([2H])c([2H])c(-c3c(-c4c([2H])c([2H])c(N(c5c([2H])c([2H])c6c(c5[2H])C(C([2H])([2H])[2H])(C([2H])([2H])[2H])c5c([2H])c([2H])c([2H])c([2H])c5-6)c5c([2H])c([2H])c([2H])c([2H])c5-c5c([2H])c([2H])c([2H])c([2H])c5[2H])c([2H])c4[2H])c([2H])c([2H])c4c([2H])c([2H])c([2H])c([2H])c34)c1-2. The van der Waals surface area contributed by atoms with E-state index in [-0.39, 0.29) is 4.90 Å². The molecule has 0 saturated carbocycles. The average molecular weight is 800 g/mol. The zero-order chi connectivity index (χ0) is 77.7. The second-order valence-corrected chi connectivity index (χ2v) is 13.1. The molecule has 1 heteroatoms. The quantitative estimate of drug-likeness (QED) is 0.162. The molecule has 9 aromatic rings. The van der Waals surface area contributed by atoms with Gasteiger partial charge >= 0.3 is 0 Å². The monoisotopic (exact) mass is 800 g/mol. The summed E-state index contributed by atoms with van der Waals surface area (Å²) in [5.74, 6) is 0. The number of benzene rings is 9. The van der Waals surface area contributed by atoms with Gasteiger partial charge in [0.1, 0.15) is 0 Å². The molecular weight excluding hydrogens is 711 g/mol. The minimum atomic E-state index is -4.18. The van der Waals surface area contributed by atoms with Gasteiger partial charge in [-0.3, -0.25) is 0 Å². The molecule has 0 spiro atoms. The first-order valence-electron chi connectivity index (χ1n) is 39.2. The van der Waals surface area contributed by atoms with E-state index in [1.54, 1.807) is 0 Å². The van der Waals surface area contributed by atoms with Crippen LogP contribution in [0.3, 0.4) is 0 Å². The minimum absolute atomic E-state index is 0.0181. The molecule has 0 bridgehead atoms. The molecule has 0 atom stereocenters. The molecule has 0 heterocycles. The Balaban J connectivity index is 1.44. The second-order valence-electron chi connectivity index (χ2n) is 13.1. The highest BCUT2D eigenvalue weighted by Crippen LogP contribution is 2.55. The van der Waals surface area contributed by atoms with Crippen molar-refractivity contribution in [2.45, 2.75) is 38.2 Å². The zero-order valence-electron chi connectivity index (χ0n) is 73.5. The Labute approximate surface area is 409 Å². The maximum atomic E-state index is 10.3. The highest BCUT2D eigenvalue weighted by molar-refractivity contribution is 6.09. The fourth-order valence-electron chi connectivity index (χ4n) is 7.24. The molecule has 2 aliphatic rings.